The van der Waals surface area contributed by atoms with Gasteiger partial charge in [-0.2, -0.15) is 0 Å². The summed E-state index contributed by atoms with van der Waals surface area (Å²) in [5, 5.41) is 6.64. The normalized spacial score (nSPS) is 11.7. The predicted molar refractivity (Wildman–Crippen MR) is 79.1 cm³/mol. The van der Waals surface area contributed by atoms with E-state index in [0.29, 0.717) is 5.92 Å². The number of nitrogens with zero attached hydrogens (tertiary/aromatic N) is 1. The van der Waals surface area contributed by atoms with Crippen molar-refractivity contribution in [2.45, 2.75) is 27.2 Å². The maximum absolute atomic E-state index is 4.20. The van der Waals surface area contributed by atoms with E-state index in [1.807, 2.05) is 7.05 Å². The van der Waals surface area contributed by atoms with Crippen molar-refractivity contribution in [3.8, 4) is 0 Å². The van der Waals surface area contributed by atoms with Crippen molar-refractivity contribution in [3.63, 3.8) is 0 Å². The molecule has 3 heteroatoms. The number of hydrogen-bond acceptors (Lipinski definition) is 1. The molecule has 0 fully saturated rings. The highest BCUT2D eigenvalue weighted by atomic mass is 15.2. The number of hydrogen-bond donors (Lipinski definition) is 2. The Balaban J connectivity index is 2.31. The van der Waals surface area contributed by atoms with Crippen LogP contribution in [0.1, 0.15) is 25.0 Å². The monoisotopic (exact) mass is 247 g/mol. The molecule has 0 aliphatic heterocycles. The van der Waals surface area contributed by atoms with E-state index in [1.54, 1.807) is 0 Å². The molecule has 0 aromatic heterocycles. The molecule has 0 saturated carbocycles. The number of nitrogens with one attached hydrogen (secondary N) is 2. The minimum atomic E-state index is 0.625. The summed E-state index contributed by atoms with van der Waals surface area (Å²) >= 11 is 0. The molecular formula is C15H25N3. The molecule has 18 heavy (non-hydrogen) atoms. The Morgan fingerprint density at radius 3 is 2.67 bits per heavy atom. The van der Waals surface area contributed by atoms with Crippen LogP contribution in [0.3, 0.4) is 0 Å². The molecule has 0 saturated heterocycles. The van der Waals surface area contributed by atoms with Gasteiger partial charge in [-0.3, -0.25) is 4.99 Å². The summed E-state index contributed by atoms with van der Waals surface area (Å²) in [6.07, 6.45) is 1.02. The van der Waals surface area contributed by atoms with Crippen molar-refractivity contribution in [3.05, 3.63) is 35.4 Å². The van der Waals surface area contributed by atoms with Crippen molar-refractivity contribution in [1.29, 1.82) is 0 Å². The first-order valence-electron chi connectivity index (χ1n) is 6.62. The van der Waals surface area contributed by atoms with E-state index in [2.05, 4.69) is 60.7 Å². The van der Waals surface area contributed by atoms with Crippen LogP contribution in [-0.2, 0) is 6.42 Å². The minimum Gasteiger partial charge on any atom is -0.356 e. The molecule has 2 N–H and O–H groups in total. The van der Waals surface area contributed by atoms with Gasteiger partial charge in [0.1, 0.15) is 0 Å². The van der Waals surface area contributed by atoms with Crippen LogP contribution in [0, 0.1) is 12.8 Å². The zero-order valence-corrected chi connectivity index (χ0v) is 12.0. The molecule has 1 aromatic rings. The lowest BCUT2D eigenvalue weighted by Gasteiger charge is -2.13. The Morgan fingerprint density at radius 1 is 1.28 bits per heavy atom. The van der Waals surface area contributed by atoms with Crippen LogP contribution in [0.2, 0.25) is 0 Å². The van der Waals surface area contributed by atoms with Crippen molar-refractivity contribution < 1.29 is 0 Å². The zero-order valence-electron chi connectivity index (χ0n) is 12.0. The summed E-state index contributed by atoms with van der Waals surface area (Å²) < 4.78 is 0. The second-order valence-corrected chi connectivity index (χ2v) is 5.01. The molecule has 0 bridgehead atoms. The highest BCUT2D eigenvalue weighted by Gasteiger charge is 1.99. The van der Waals surface area contributed by atoms with Gasteiger partial charge in [0, 0.05) is 20.1 Å². The van der Waals surface area contributed by atoms with E-state index in [9.17, 15) is 0 Å². The van der Waals surface area contributed by atoms with E-state index >= 15 is 0 Å². The van der Waals surface area contributed by atoms with Crippen molar-refractivity contribution in [2.75, 3.05) is 20.1 Å². The van der Waals surface area contributed by atoms with E-state index < -0.39 is 0 Å². The quantitative estimate of drug-likeness (QED) is 0.619. The SMILES string of the molecule is CN=C(NCCc1cccc(C)c1)NCC(C)C. The maximum atomic E-state index is 4.20. The fraction of sp³-hybridized carbons (Fsp3) is 0.533. The molecule has 0 atom stereocenters. The predicted octanol–water partition coefficient (Wildman–Crippen LogP) is 2.36. The Hall–Kier alpha value is -1.51. The van der Waals surface area contributed by atoms with E-state index in [-0.39, 0.29) is 0 Å². The summed E-state index contributed by atoms with van der Waals surface area (Å²) in [7, 11) is 1.81. The van der Waals surface area contributed by atoms with Crippen LogP contribution in [0.15, 0.2) is 29.3 Å². The van der Waals surface area contributed by atoms with Gasteiger partial charge in [-0.15, -0.1) is 0 Å². The van der Waals surface area contributed by atoms with Gasteiger partial charge in [0.15, 0.2) is 5.96 Å². The first-order chi connectivity index (χ1) is 8.61. The Kier molecular flexibility index (Phi) is 6.26. The fourth-order valence-electron chi connectivity index (χ4n) is 1.71. The molecule has 3 nitrogen and oxygen atoms in total. The third-order valence-corrected chi connectivity index (χ3v) is 2.69. The lowest BCUT2D eigenvalue weighted by Crippen LogP contribution is -2.39. The van der Waals surface area contributed by atoms with Crippen molar-refractivity contribution >= 4 is 5.96 Å². The van der Waals surface area contributed by atoms with Crippen LogP contribution in [0.25, 0.3) is 0 Å². The van der Waals surface area contributed by atoms with Crippen molar-refractivity contribution in [2.24, 2.45) is 10.9 Å². The first kappa shape index (κ1) is 14.6. The van der Waals surface area contributed by atoms with Crippen LogP contribution >= 0.6 is 0 Å². The van der Waals surface area contributed by atoms with E-state index in [1.165, 1.54) is 11.1 Å². The molecule has 1 rings (SSSR count). The van der Waals surface area contributed by atoms with Crippen LogP contribution in [0.5, 0.6) is 0 Å². The number of aryl methyl sites for hydroxylation is 1. The second kappa shape index (κ2) is 7.75. The maximum Gasteiger partial charge on any atom is 0.190 e. The highest BCUT2D eigenvalue weighted by Crippen LogP contribution is 2.03. The lowest BCUT2D eigenvalue weighted by molar-refractivity contribution is 0.614. The Morgan fingerprint density at radius 2 is 2.06 bits per heavy atom. The third-order valence-electron chi connectivity index (χ3n) is 2.69. The van der Waals surface area contributed by atoms with Crippen LogP contribution < -0.4 is 10.6 Å². The smallest absolute Gasteiger partial charge is 0.190 e. The Bertz CT molecular complexity index is 383. The molecule has 0 aliphatic rings. The fourth-order valence-corrected chi connectivity index (χ4v) is 1.71. The van der Waals surface area contributed by atoms with Gasteiger partial charge in [-0.25, -0.2) is 0 Å². The summed E-state index contributed by atoms with van der Waals surface area (Å²) in [6, 6.07) is 8.63. The average molecular weight is 247 g/mol. The molecule has 0 amide bonds. The number of benzene rings is 1. The van der Waals surface area contributed by atoms with Gasteiger partial charge in [-0.1, -0.05) is 43.7 Å². The topological polar surface area (TPSA) is 36.4 Å². The minimum absolute atomic E-state index is 0.625. The third kappa shape index (κ3) is 5.71. The average Bonchev–Trinajstić information content (AvgIpc) is 2.33. The number of rotatable bonds is 5. The van der Waals surface area contributed by atoms with E-state index in [0.717, 1.165) is 25.5 Å². The molecule has 0 radical (unpaired) electrons. The molecule has 100 valence electrons. The number of guanidine groups is 1. The van der Waals surface area contributed by atoms with Gasteiger partial charge in [0.05, 0.1) is 0 Å². The molecule has 0 heterocycles. The molecule has 1 aromatic carbocycles. The summed E-state index contributed by atoms with van der Waals surface area (Å²) in [5.41, 5.74) is 2.68. The van der Waals surface area contributed by atoms with Gasteiger partial charge >= 0.3 is 0 Å². The second-order valence-electron chi connectivity index (χ2n) is 5.01. The van der Waals surface area contributed by atoms with Crippen LogP contribution in [0.4, 0.5) is 0 Å². The standard InChI is InChI=1S/C15H25N3/c1-12(2)11-18-15(16-4)17-9-8-14-7-5-6-13(3)10-14/h5-7,10,12H,8-9,11H2,1-4H3,(H2,16,17,18). The van der Waals surface area contributed by atoms with Gasteiger partial charge in [-0.05, 0) is 24.8 Å². The van der Waals surface area contributed by atoms with Gasteiger partial charge in [0.2, 0.25) is 0 Å². The summed E-state index contributed by atoms with van der Waals surface area (Å²) in [4.78, 5) is 4.20. The number of aliphatic imine (C=N–C) groups is 1. The van der Waals surface area contributed by atoms with Gasteiger partial charge in [0.25, 0.3) is 0 Å². The molecule has 0 spiro atoms. The van der Waals surface area contributed by atoms with Crippen molar-refractivity contribution in [1.82, 2.24) is 10.6 Å². The Labute approximate surface area is 111 Å². The lowest BCUT2D eigenvalue weighted by atomic mass is 10.1. The summed E-state index contributed by atoms with van der Waals surface area (Å²) in [6.45, 7) is 8.35. The van der Waals surface area contributed by atoms with E-state index in [4.69, 9.17) is 0 Å². The largest absolute Gasteiger partial charge is 0.356 e. The first-order valence-corrected chi connectivity index (χ1v) is 6.62. The zero-order chi connectivity index (χ0) is 13.4. The molecule has 0 unspecified atom stereocenters. The van der Waals surface area contributed by atoms with Gasteiger partial charge < -0.3 is 10.6 Å². The van der Waals surface area contributed by atoms with Crippen LogP contribution in [-0.4, -0.2) is 26.1 Å². The highest BCUT2D eigenvalue weighted by molar-refractivity contribution is 5.79. The molecule has 0 aliphatic carbocycles. The summed E-state index contributed by atoms with van der Waals surface area (Å²) in [5.74, 6) is 1.51. The molecular weight excluding hydrogens is 222 g/mol.